The van der Waals surface area contributed by atoms with Crippen LogP contribution in [0.15, 0.2) is 18.2 Å². The Morgan fingerprint density at radius 2 is 2.19 bits per heavy atom. The highest BCUT2D eigenvalue weighted by Gasteiger charge is 2.11. The SMILES string of the molecule is CCC(C)COC(=O)c1cc(N)ccc1C. The minimum atomic E-state index is -0.287. The molecule has 0 bridgehead atoms. The van der Waals surface area contributed by atoms with Crippen molar-refractivity contribution < 1.29 is 9.53 Å². The Morgan fingerprint density at radius 3 is 2.81 bits per heavy atom. The number of ether oxygens (including phenoxy) is 1. The number of anilines is 1. The molecule has 16 heavy (non-hydrogen) atoms. The molecule has 0 spiro atoms. The van der Waals surface area contributed by atoms with Gasteiger partial charge in [-0.25, -0.2) is 4.79 Å². The van der Waals surface area contributed by atoms with Crippen molar-refractivity contribution in [3.8, 4) is 0 Å². The molecule has 1 unspecified atom stereocenters. The molecule has 0 aliphatic carbocycles. The van der Waals surface area contributed by atoms with Crippen molar-refractivity contribution in [2.24, 2.45) is 5.92 Å². The van der Waals surface area contributed by atoms with Gasteiger partial charge in [-0.05, 0) is 30.5 Å². The maximum Gasteiger partial charge on any atom is 0.338 e. The molecule has 2 N–H and O–H groups in total. The van der Waals surface area contributed by atoms with Crippen LogP contribution in [0.5, 0.6) is 0 Å². The van der Waals surface area contributed by atoms with E-state index in [1.165, 1.54) is 0 Å². The van der Waals surface area contributed by atoms with E-state index in [-0.39, 0.29) is 5.97 Å². The molecule has 0 aliphatic rings. The zero-order valence-corrected chi connectivity index (χ0v) is 10.1. The summed E-state index contributed by atoms with van der Waals surface area (Å²) in [5.74, 6) is 0.107. The van der Waals surface area contributed by atoms with E-state index in [0.29, 0.717) is 23.8 Å². The van der Waals surface area contributed by atoms with Gasteiger partial charge in [0.05, 0.1) is 12.2 Å². The molecule has 0 saturated heterocycles. The molecule has 0 amide bonds. The lowest BCUT2D eigenvalue weighted by Gasteiger charge is -2.11. The van der Waals surface area contributed by atoms with E-state index in [4.69, 9.17) is 10.5 Å². The molecular weight excluding hydrogens is 202 g/mol. The summed E-state index contributed by atoms with van der Waals surface area (Å²) >= 11 is 0. The minimum absolute atomic E-state index is 0.287. The first kappa shape index (κ1) is 12.6. The number of benzene rings is 1. The van der Waals surface area contributed by atoms with Gasteiger partial charge in [-0.2, -0.15) is 0 Å². The number of carbonyl (C=O) groups excluding carboxylic acids is 1. The zero-order valence-electron chi connectivity index (χ0n) is 10.1. The van der Waals surface area contributed by atoms with Crippen LogP contribution in [0.4, 0.5) is 5.69 Å². The standard InChI is InChI=1S/C13H19NO2/c1-4-9(2)8-16-13(15)12-7-11(14)6-5-10(12)3/h5-7,9H,4,8,14H2,1-3H3. The van der Waals surface area contributed by atoms with Crippen molar-refractivity contribution >= 4 is 11.7 Å². The van der Waals surface area contributed by atoms with Crippen LogP contribution >= 0.6 is 0 Å². The van der Waals surface area contributed by atoms with E-state index >= 15 is 0 Å². The number of nitrogens with two attached hydrogens (primary N) is 1. The average molecular weight is 221 g/mol. The Labute approximate surface area is 96.6 Å². The maximum atomic E-state index is 11.8. The summed E-state index contributed by atoms with van der Waals surface area (Å²) in [6, 6.07) is 5.27. The largest absolute Gasteiger partial charge is 0.462 e. The van der Waals surface area contributed by atoms with Crippen LogP contribution in [0, 0.1) is 12.8 Å². The first-order chi connectivity index (χ1) is 7.54. The number of carbonyl (C=O) groups is 1. The average Bonchev–Trinajstić information content (AvgIpc) is 2.28. The Bertz CT molecular complexity index is 374. The second-order valence-corrected chi connectivity index (χ2v) is 4.19. The van der Waals surface area contributed by atoms with Gasteiger partial charge in [0.25, 0.3) is 0 Å². The fraction of sp³-hybridized carbons (Fsp3) is 0.462. The summed E-state index contributed by atoms with van der Waals surface area (Å²) in [6.45, 7) is 6.46. The third-order valence-corrected chi connectivity index (χ3v) is 2.68. The molecule has 3 nitrogen and oxygen atoms in total. The lowest BCUT2D eigenvalue weighted by Crippen LogP contribution is -2.13. The van der Waals surface area contributed by atoms with Gasteiger partial charge in [0.1, 0.15) is 0 Å². The molecule has 0 aliphatic heterocycles. The predicted octanol–water partition coefficient (Wildman–Crippen LogP) is 2.78. The van der Waals surface area contributed by atoms with E-state index in [0.717, 1.165) is 12.0 Å². The molecule has 0 heterocycles. The van der Waals surface area contributed by atoms with E-state index in [1.54, 1.807) is 12.1 Å². The molecule has 0 aromatic heterocycles. The molecule has 3 heteroatoms. The molecular formula is C13H19NO2. The van der Waals surface area contributed by atoms with Crippen molar-refractivity contribution in [3.63, 3.8) is 0 Å². The number of esters is 1. The van der Waals surface area contributed by atoms with Crippen LogP contribution in [-0.2, 0) is 4.74 Å². The summed E-state index contributed by atoms with van der Waals surface area (Å²) < 4.78 is 5.22. The van der Waals surface area contributed by atoms with Crippen LogP contribution in [0.2, 0.25) is 0 Å². The van der Waals surface area contributed by atoms with Gasteiger partial charge in [-0.3, -0.25) is 0 Å². The van der Waals surface area contributed by atoms with Gasteiger partial charge in [0.2, 0.25) is 0 Å². The first-order valence-electron chi connectivity index (χ1n) is 5.57. The first-order valence-corrected chi connectivity index (χ1v) is 5.57. The lowest BCUT2D eigenvalue weighted by molar-refractivity contribution is 0.0446. The molecule has 1 rings (SSSR count). The van der Waals surface area contributed by atoms with E-state index in [2.05, 4.69) is 13.8 Å². The summed E-state index contributed by atoms with van der Waals surface area (Å²) in [7, 11) is 0. The Hall–Kier alpha value is -1.51. The molecule has 0 radical (unpaired) electrons. The van der Waals surface area contributed by atoms with Crippen LogP contribution in [0.25, 0.3) is 0 Å². The summed E-state index contributed by atoms with van der Waals surface area (Å²) in [5.41, 5.74) is 7.67. The van der Waals surface area contributed by atoms with Crippen LogP contribution in [-0.4, -0.2) is 12.6 Å². The van der Waals surface area contributed by atoms with Crippen LogP contribution < -0.4 is 5.73 Å². The highest BCUT2D eigenvalue weighted by molar-refractivity contribution is 5.92. The number of hydrogen-bond acceptors (Lipinski definition) is 3. The minimum Gasteiger partial charge on any atom is -0.462 e. The summed E-state index contributed by atoms with van der Waals surface area (Å²) in [4.78, 5) is 11.8. The number of nitrogen functional groups attached to an aromatic ring is 1. The van der Waals surface area contributed by atoms with Crippen molar-refractivity contribution in [1.82, 2.24) is 0 Å². The second-order valence-electron chi connectivity index (χ2n) is 4.19. The Kier molecular flexibility index (Phi) is 4.35. The third kappa shape index (κ3) is 3.26. The van der Waals surface area contributed by atoms with Crippen LogP contribution in [0.1, 0.15) is 36.2 Å². The van der Waals surface area contributed by atoms with E-state index in [9.17, 15) is 4.79 Å². The fourth-order valence-electron chi connectivity index (χ4n) is 1.27. The normalized spacial score (nSPS) is 12.2. The fourth-order valence-corrected chi connectivity index (χ4v) is 1.27. The van der Waals surface area contributed by atoms with E-state index < -0.39 is 0 Å². The lowest BCUT2D eigenvalue weighted by atomic mass is 10.1. The number of rotatable bonds is 4. The molecule has 0 fully saturated rings. The molecule has 1 aromatic carbocycles. The molecule has 88 valence electrons. The summed E-state index contributed by atoms with van der Waals surface area (Å²) in [6.07, 6.45) is 1.00. The second kappa shape index (κ2) is 5.54. The van der Waals surface area contributed by atoms with Crippen molar-refractivity contribution in [1.29, 1.82) is 0 Å². The molecule has 1 aromatic rings. The predicted molar refractivity (Wildman–Crippen MR) is 65.3 cm³/mol. The smallest absolute Gasteiger partial charge is 0.338 e. The van der Waals surface area contributed by atoms with Crippen molar-refractivity contribution in [2.75, 3.05) is 12.3 Å². The van der Waals surface area contributed by atoms with Crippen LogP contribution in [0.3, 0.4) is 0 Å². The van der Waals surface area contributed by atoms with Gasteiger partial charge in [-0.1, -0.05) is 26.3 Å². The number of aryl methyl sites for hydroxylation is 1. The maximum absolute atomic E-state index is 11.8. The quantitative estimate of drug-likeness (QED) is 0.628. The molecule has 0 saturated carbocycles. The van der Waals surface area contributed by atoms with Gasteiger partial charge >= 0.3 is 5.97 Å². The Balaban J connectivity index is 2.69. The van der Waals surface area contributed by atoms with Gasteiger partial charge in [0.15, 0.2) is 0 Å². The highest BCUT2D eigenvalue weighted by Crippen LogP contribution is 2.14. The van der Waals surface area contributed by atoms with Gasteiger partial charge in [0, 0.05) is 5.69 Å². The van der Waals surface area contributed by atoms with Crippen molar-refractivity contribution in [2.45, 2.75) is 27.2 Å². The monoisotopic (exact) mass is 221 g/mol. The topological polar surface area (TPSA) is 52.3 Å². The van der Waals surface area contributed by atoms with E-state index in [1.807, 2.05) is 13.0 Å². The highest BCUT2D eigenvalue weighted by atomic mass is 16.5. The third-order valence-electron chi connectivity index (χ3n) is 2.68. The van der Waals surface area contributed by atoms with Gasteiger partial charge in [-0.15, -0.1) is 0 Å². The van der Waals surface area contributed by atoms with Crippen molar-refractivity contribution in [3.05, 3.63) is 29.3 Å². The zero-order chi connectivity index (χ0) is 12.1. The molecule has 1 atom stereocenters. The Morgan fingerprint density at radius 1 is 1.50 bits per heavy atom. The number of hydrogen-bond donors (Lipinski definition) is 1. The van der Waals surface area contributed by atoms with Gasteiger partial charge < -0.3 is 10.5 Å². The summed E-state index contributed by atoms with van der Waals surface area (Å²) in [5, 5.41) is 0.